The average molecular weight is 484 g/mol. The fourth-order valence-electron chi connectivity index (χ4n) is 1.07. The summed E-state index contributed by atoms with van der Waals surface area (Å²) < 4.78 is 4.42. The number of halogens is 5. The Morgan fingerprint density at radius 3 is 2.56 bits per heavy atom. The Balaban J connectivity index is 2.93. The van der Waals surface area contributed by atoms with Gasteiger partial charge in [-0.05, 0) is 18.2 Å². The van der Waals surface area contributed by atoms with Crippen LogP contribution in [0.2, 0.25) is 10.0 Å². The van der Waals surface area contributed by atoms with E-state index in [1.807, 2.05) is 6.92 Å². The van der Waals surface area contributed by atoms with Crippen molar-refractivity contribution in [1.82, 2.24) is 0 Å². The molecule has 0 amide bonds. The van der Waals surface area contributed by atoms with Crippen LogP contribution in [-0.2, 0) is 4.79 Å². The predicted octanol–water partition coefficient (Wildman–Crippen LogP) is 5.21. The maximum Gasteiger partial charge on any atom is 0.330 e. The van der Waals surface area contributed by atoms with Gasteiger partial charge in [-0.15, -0.1) is 0 Å². The van der Waals surface area contributed by atoms with Gasteiger partial charge in [-0.25, -0.2) is 0 Å². The summed E-state index contributed by atoms with van der Waals surface area (Å²) in [7, 11) is 0. The second-order valence-corrected chi connectivity index (χ2v) is 7.77. The first-order valence-corrected chi connectivity index (χ1v) is 8.46. The molecular weight excluding hydrogens is 475 g/mol. The van der Waals surface area contributed by atoms with Crippen LogP contribution in [0.15, 0.2) is 18.2 Å². The van der Waals surface area contributed by atoms with Gasteiger partial charge in [-0.2, -0.15) is 0 Å². The molecule has 1 rings (SSSR count). The molecule has 0 aliphatic heterocycles. The van der Waals surface area contributed by atoms with Crippen molar-refractivity contribution in [2.24, 2.45) is 0 Å². The summed E-state index contributed by atoms with van der Waals surface area (Å²) in [5.41, 5.74) is 0. The molecule has 0 bridgehead atoms. The smallest absolute Gasteiger partial charge is 0.330 e. The molecule has 0 aliphatic rings. The first kappa shape index (κ1) is 16.8. The van der Waals surface area contributed by atoms with Gasteiger partial charge in [0.15, 0.2) is 0 Å². The van der Waals surface area contributed by atoms with Crippen molar-refractivity contribution in [2.75, 3.05) is 5.33 Å². The normalized spacial score (nSPS) is 15.9. The summed E-state index contributed by atoms with van der Waals surface area (Å²) in [6.07, 6.45) is 0. The number of carbonyl (C=O) groups is 1. The van der Waals surface area contributed by atoms with Gasteiger partial charge >= 0.3 is 5.97 Å². The molecule has 0 fully saturated rings. The fraction of sp³-hybridized carbons (Fsp3) is 0.364. The molecule has 0 saturated carbocycles. The maximum atomic E-state index is 12.1. The first-order chi connectivity index (χ1) is 8.31. The van der Waals surface area contributed by atoms with Gasteiger partial charge < -0.3 is 4.74 Å². The molecule has 0 heterocycles. The molecule has 1 aromatic carbocycles. The highest BCUT2D eigenvalue weighted by molar-refractivity contribution is 9.14. The SMILES string of the molecule is CC(Br)C(Br)(CBr)C(=O)Oc1ccc(Cl)cc1Cl. The number of benzene rings is 1. The lowest BCUT2D eigenvalue weighted by Crippen LogP contribution is -2.44. The molecule has 2 nitrogen and oxygen atoms in total. The zero-order chi connectivity index (χ0) is 13.9. The van der Waals surface area contributed by atoms with Crippen molar-refractivity contribution in [3.05, 3.63) is 28.2 Å². The molecule has 100 valence electrons. The molecule has 2 atom stereocenters. The van der Waals surface area contributed by atoms with Gasteiger partial charge in [0.2, 0.25) is 0 Å². The quantitative estimate of drug-likeness (QED) is 0.334. The Hall–Kier alpha value is 0.710. The van der Waals surface area contributed by atoms with Gasteiger partial charge in [0.25, 0.3) is 0 Å². The highest BCUT2D eigenvalue weighted by atomic mass is 79.9. The molecule has 0 radical (unpaired) electrons. The topological polar surface area (TPSA) is 26.3 Å². The minimum Gasteiger partial charge on any atom is -0.424 e. The van der Waals surface area contributed by atoms with E-state index in [2.05, 4.69) is 47.8 Å². The molecule has 18 heavy (non-hydrogen) atoms. The molecule has 0 aliphatic carbocycles. The highest BCUT2D eigenvalue weighted by Crippen LogP contribution is 2.34. The Bertz CT molecular complexity index is 454. The van der Waals surface area contributed by atoms with E-state index in [-0.39, 0.29) is 10.6 Å². The van der Waals surface area contributed by atoms with E-state index in [1.54, 1.807) is 12.1 Å². The molecular formula is C11H9Br3Cl2O2. The predicted molar refractivity (Wildman–Crippen MR) is 85.9 cm³/mol. The Kier molecular flexibility index (Phi) is 6.46. The number of alkyl halides is 3. The Labute approximate surface area is 141 Å². The lowest BCUT2D eigenvalue weighted by molar-refractivity contribution is -0.136. The van der Waals surface area contributed by atoms with Crippen LogP contribution in [0.1, 0.15) is 6.92 Å². The van der Waals surface area contributed by atoms with E-state index in [9.17, 15) is 4.79 Å². The molecule has 0 spiro atoms. The highest BCUT2D eigenvalue weighted by Gasteiger charge is 2.41. The lowest BCUT2D eigenvalue weighted by atomic mass is 10.1. The molecule has 2 unspecified atom stereocenters. The number of hydrogen-bond donors (Lipinski definition) is 0. The van der Waals surface area contributed by atoms with Crippen molar-refractivity contribution in [1.29, 1.82) is 0 Å². The van der Waals surface area contributed by atoms with Crippen LogP contribution < -0.4 is 4.74 Å². The zero-order valence-electron chi connectivity index (χ0n) is 9.22. The summed E-state index contributed by atoms with van der Waals surface area (Å²) >= 11 is 21.7. The van der Waals surface area contributed by atoms with E-state index in [1.165, 1.54) is 6.07 Å². The van der Waals surface area contributed by atoms with Crippen LogP contribution >= 0.6 is 71.0 Å². The fourth-order valence-corrected chi connectivity index (χ4v) is 3.09. The van der Waals surface area contributed by atoms with E-state index in [0.29, 0.717) is 15.4 Å². The number of rotatable bonds is 4. The van der Waals surface area contributed by atoms with Crippen LogP contribution in [0.5, 0.6) is 5.75 Å². The largest absolute Gasteiger partial charge is 0.424 e. The third-order valence-corrected chi connectivity index (χ3v) is 7.12. The van der Waals surface area contributed by atoms with Crippen molar-refractivity contribution in [3.63, 3.8) is 0 Å². The van der Waals surface area contributed by atoms with Gasteiger partial charge in [-0.3, -0.25) is 4.79 Å². The van der Waals surface area contributed by atoms with Gasteiger partial charge in [-0.1, -0.05) is 77.9 Å². The summed E-state index contributed by atoms with van der Waals surface area (Å²) in [4.78, 5) is 12.0. The molecule has 7 heteroatoms. The first-order valence-electron chi connectivity index (χ1n) is 4.87. The van der Waals surface area contributed by atoms with Crippen LogP contribution in [0.3, 0.4) is 0 Å². The molecule has 1 aromatic rings. The van der Waals surface area contributed by atoms with E-state index >= 15 is 0 Å². The van der Waals surface area contributed by atoms with E-state index in [0.717, 1.165) is 0 Å². The number of carbonyl (C=O) groups excluding carboxylic acids is 1. The maximum absolute atomic E-state index is 12.1. The minimum absolute atomic E-state index is 0.122. The summed E-state index contributed by atoms with van der Waals surface area (Å²) in [5, 5.41) is 1.18. The van der Waals surface area contributed by atoms with Gasteiger partial charge in [0, 0.05) is 15.2 Å². The average Bonchev–Trinajstić information content (AvgIpc) is 2.31. The van der Waals surface area contributed by atoms with E-state index < -0.39 is 10.3 Å². The number of hydrogen-bond acceptors (Lipinski definition) is 2. The number of ether oxygens (including phenoxy) is 1. The summed E-state index contributed by atoms with van der Waals surface area (Å²) in [6.45, 7) is 1.85. The molecule has 0 saturated heterocycles. The lowest BCUT2D eigenvalue weighted by Gasteiger charge is -2.25. The zero-order valence-corrected chi connectivity index (χ0v) is 15.5. The third-order valence-electron chi connectivity index (χ3n) is 2.26. The van der Waals surface area contributed by atoms with Crippen LogP contribution in [0, 0.1) is 0 Å². The van der Waals surface area contributed by atoms with Crippen molar-refractivity contribution in [2.45, 2.75) is 16.1 Å². The summed E-state index contributed by atoms with van der Waals surface area (Å²) in [6, 6.07) is 4.69. The third kappa shape index (κ3) is 3.85. The van der Waals surface area contributed by atoms with Crippen molar-refractivity contribution in [3.8, 4) is 5.75 Å². The minimum atomic E-state index is -0.865. The molecule has 0 aromatic heterocycles. The van der Waals surface area contributed by atoms with E-state index in [4.69, 9.17) is 27.9 Å². The monoisotopic (exact) mass is 480 g/mol. The Morgan fingerprint density at radius 2 is 2.11 bits per heavy atom. The standard InChI is InChI=1S/C11H9Br3Cl2O2/c1-6(13)11(14,5-12)10(17)18-9-3-2-7(15)4-8(9)16/h2-4,6H,5H2,1H3. The van der Waals surface area contributed by atoms with Crippen LogP contribution in [0.25, 0.3) is 0 Å². The second-order valence-electron chi connectivity index (χ2n) is 3.58. The van der Waals surface area contributed by atoms with Crippen molar-refractivity contribution < 1.29 is 9.53 Å². The second kappa shape index (κ2) is 6.93. The van der Waals surface area contributed by atoms with Crippen LogP contribution in [0.4, 0.5) is 0 Å². The van der Waals surface area contributed by atoms with Crippen LogP contribution in [-0.4, -0.2) is 20.5 Å². The Morgan fingerprint density at radius 1 is 1.50 bits per heavy atom. The summed E-state index contributed by atoms with van der Waals surface area (Å²) in [5.74, 6) is -0.156. The van der Waals surface area contributed by atoms with Crippen molar-refractivity contribution >= 4 is 77.0 Å². The number of esters is 1. The van der Waals surface area contributed by atoms with Gasteiger partial charge in [0.1, 0.15) is 10.1 Å². The molecule has 0 N–H and O–H groups in total. The van der Waals surface area contributed by atoms with Gasteiger partial charge in [0.05, 0.1) is 5.02 Å².